The van der Waals surface area contributed by atoms with Crippen LogP contribution in [-0.4, -0.2) is 10.2 Å². The number of hydrogen-bond donors (Lipinski definition) is 3. The predicted octanol–water partition coefficient (Wildman–Crippen LogP) is 1.80. The van der Waals surface area contributed by atoms with Gasteiger partial charge in [0.15, 0.2) is 5.75 Å². The molecule has 2 rings (SSSR count). The van der Waals surface area contributed by atoms with Crippen molar-refractivity contribution in [3.05, 3.63) is 52.1 Å². The third kappa shape index (κ3) is 2.52. The van der Waals surface area contributed by atoms with Crippen molar-refractivity contribution in [2.45, 2.75) is 0 Å². The van der Waals surface area contributed by atoms with E-state index in [1.54, 1.807) is 30.3 Å². The molecule has 5 heteroatoms. The van der Waals surface area contributed by atoms with Gasteiger partial charge in [0.05, 0.1) is 0 Å². The van der Waals surface area contributed by atoms with Gasteiger partial charge >= 0.3 is 5.63 Å². The van der Waals surface area contributed by atoms with Crippen molar-refractivity contribution < 1.29 is 14.6 Å². The van der Waals surface area contributed by atoms with Gasteiger partial charge in [0.2, 0.25) is 5.75 Å². The molecule has 0 radical (unpaired) electrons. The van der Waals surface area contributed by atoms with Crippen LogP contribution in [0, 0.1) is 0 Å². The van der Waals surface area contributed by atoms with Gasteiger partial charge in [-0.3, -0.25) is 0 Å². The van der Waals surface area contributed by atoms with Crippen LogP contribution in [0.5, 0.6) is 11.5 Å². The normalized spacial score (nSPS) is 10.9. The average Bonchev–Trinajstić information content (AvgIpc) is 2.35. The summed E-state index contributed by atoms with van der Waals surface area (Å²) in [4.78, 5) is 11.1. The molecular formula is C13H11NO4. The lowest BCUT2D eigenvalue weighted by Gasteiger charge is -1.97. The molecule has 0 fully saturated rings. The highest BCUT2D eigenvalue weighted by molar-refractivity contribution is 5.68. The standard InChI is InChI=1S/C13H11NO4/c14-9-4-1-8(2-5-9)3-6-10-7-11(15)12(16)13(17)18-10/h1-7,15-16H,14H2. The van der Waals surface area contributed by atoms with Crippen molar-refractivity contribution in [2.24, 2.45) is 0 Å². The van der Waals surface area contributed by atoms with Gasteiger partial charge in [-0.1, -0.05) is 18.2 Å². The smallest absolute Gasteiger partial charge is 0.382 e. The Kier molecular flexibility index (Phi) is 3.05. The second-order valence-corrected chi connectivity index (χ2v) is 3.67. The minimum Gasteiger partial charge on any atom is -0.504 e. The van der Waals surface area contributed by atoms with Gasteiger partial charge in [0.25, 0.3) is 0 Å². The van der Waals surface area contributed by atoms with Gasteiger partial charge in [-0.25, -0.2) is 4.79 Å². The quantitative estimate of drug-likeness (QED) is 0.701. The van der Waals surface area contributed by atoms with Crippen LogP contribution in [0.2, 0.25) is 0 Å². The second-order valence-electron chi connectivity index (χ2n) is 3.67. The van der Waals surface area contributed by atoms with Crippen molar-refractivity contribution in [1.29, 1.82) is 0 Å². The monoisotopic (exact) mass is 245 g/mol. The SMILES string of the molecule is Nc1ccc(C=Cc2cc(O)c(O)c(=O)o2)cc1. The molecule has 2 aromatic rings. The first-order valence-corrected chi connectivity index (χ1v) is 5.16. The van der Waals surface area contributed by atoms with Crippen molar-refractivity contribution in [3.63, 3.8) is 0 Å². The summed E-state index contributed by atoms with van der Waals surface area (Å²) in [7, 11) is 0. The van der Waals surface area contributed by atoms with Crippen molar-refractivity contribution >= 4 is 17.8 Å². The lowest BCUT2D eigenvalue weighted by atomic mass is 10.2. The lowest BCUT2D eigenvalue weighted by Crippen LogP contribution is -1.98. The summed E-state index contributed by atoms with van der Waals surface area (Å²) in [6, 6.07) is 8.23. The van der Waals surface area contributed by atoms with E-state index in [2.05, 4.69) is 0 Å². The Balaban J connectivity index is 2.29. The van der Waals surface area contributed by atoms with Crippen LogP contribution >= 0.6 is 0 Å². The molecule has 0 aliphatic heterocycles. The van der Waals surface area contributed by atoms with Crippen LogP contribution in [0.1, 0.15) is 11.3 Å². The first kappa shape index (κ1) is 11.8. The maximum atomic E-state index is 11.1. The lowest BCUT2D eigenvalue weighted by molar-refractivity contribution is 0.362. The van der Waals surface area contributed by atoms with E-state index in [4.69, 9.17) is 15.3 Å². The van der Waals surface area contributed by atoms with E-state index in [-0.39, 0.29) is 5.76 Å². The number of benzene rings is 1. The van der Waals surface area contributed by atoms with E-state index < -0.39 is 17.1 Å². The fourth-order valence-electron chi connectivity index (χ4n) is 1.36. The molecule has 0 bridgehead atoms. The number of aromatic hydroxyl groups is 2. The van der Waals surface area contributed by atoms with E-state index >= 15 is 0 Å². The molecule has 1 heterocycles. The van der Waals surface area contributed by atoms with Gasteiger partial charge < -0.3 is 20.4 Å². The Morgan fingerprint density at radius 1 is 1.11 bits per heavy atom. The number of hydrogen-bond acceptors (Lipinski definition) is 5. The first-order valence-electron chi connectivity index (χ1n) is 5.16. The number of nitrogen functional groups attached to an aromatic ring is 1. The Hall–Kier alpha value is -2.69. The number of nitrogens with two attached hydrogens (primary N) is 1. The molecule has 5 nitrogen and oxygen atoms in total. The summed E-state index contributed by atoms with van der Waals surface area (Å²) in [6.07, 6.45) is 3.19. The van der Waals surface area contributed by atoms with Crippen LogP contribution in [0.3, 0.4) is 0 Å². The maximum Gasteiger partial charge on any atom is 0.382 e. The molecule has 0 saturated heterocycles. The van der Waals surface area contributed by atoms with Gasteiger partial charge in [-0.15, -0.1) is 0 Å². The third-order valence-corrected chi connectivity index (χ3v) is 2.30. The first-order chi connectivity index (χ1) is 8.56. The van der Waals surface area contributed by atoms with Crippen molar-refractivity contribution in [1.82, 2.24) is 0 Å². The van der Waals surface area contributed by atoms with Gasteiger partial charge in [-0.05, 0) is 23.8 Å². The zero-order valence-corrected chi connectivity index (χ0v) is 9.33. The van der Waals surface area contributed by atoms with Gasteiger partial charge in [-0.2, -0.15) is 0 Å². The van der Waals surface area contributed by atoms with Crippen molar-refractivity contribution in [2.75, 3.05) is 5.73 Å². The summed E-state index contributed by atoms with van der Waals surface area (Å²) in [5.41, 5.74) is 6.08. The van der Waals surface area contributed by atoms with E-state index in [1.807, 2.05) is 0 Å². The Labute approximate surface area is 102 Å². The highest BCUT2D eigenvalue weighted by atomic mass is 16.4. The Morgan fingerprint density at radius 3 is 2.39 bits per heavy atom. The Morgan fingerprint density at radius 2 is 1.78 bits per heavy atom. The van der Waals surface area contributed by atoms with Gasteiger partial charge in [0.1, 0.15) is 5.76 Å². The topological polar surface area (TPSA) is 96.7 Å². The zero-order chi connectivity index (χ0) is 13.1. The molecule has 1 aromatic carbocycles. The van der Waals surface area contributed by atoms with Crippen molar-refractivity contribution in [3.8, 4) is 11.5 Å². The van der Waals surface area contributed by atoms with Gasteiger partial charge in [0, 0.05) is 11.8 Å². The maximum absolute atomic E-state index is 11.1. The van der Waals surface area contributed by atoms with E-state index in [9.17, 15) is 9.90 Å². The zero-order valence-electron chi connectivity index (χ0n) is 9.33. The predicted molar refractivity (Wildman–Crippen MR) is 68.1 cm³/mol. The summed E-state index contributed by atoms with van der Waals surface area (Å²) in [5, 5.41) is 18.3. The number of rotatable bonds is 2. The summed E-state index contributed by atoms with van der Waals surface area (Å²) >= 11 is 0. The van der Waals surface area contributed by atoms with E-state index in [0.717, 1.165) is 11.6 Å². The van der Waals surface area contributed by atoms with Crippen LogP contribution in [0.15, 0.2) is 39.5 Å². The largest absolute Gasteiger partial charge is 0.504 e. The van der Waals surface area contributed by atoms with Crippen LogP contribution in [0.4, 0.5) is 5.69 Å². The molecule has 0 aliphatic carbocycles. The third-order valence-electron chi connectivity index (χ3n) is 2.30. The molecule has 1 aromatic heterocycles. The molecule has 0 unspecified atom stereocenters. The summed E-state index contributed by atoms with van der Waals surface area (Å²) in [6.45, 7) is 0. The average molecular weight is 245 g/mol. The molecule has 0 spiro atoms. The van der Waals surface area contributed by atoms with E-state index in [1.165, 1.54) is 6.08 Å². The molecule has 18 heavy (non-hydrogen) atoms. The highest BCUT2D eigenvalue weighted by Crippen LogP contribution is 2.21. The summed E-state index contributed by atoms with van der Waals surface area (Å²) in [5.74, 6) is -1.16. The van der Waals surface area contributed by atoms with E-state index in [0.29, 0.717) is 5.69 Å². The fraction of sp³-hybridized carbons (Fsp3) is 0. The molecular weight excluding hydrogens is 234 g/mol. The minimum atomic E-state index is -0.980. The van der Waals surface area contributed by atoms with Crippen LogP contribution in [0.25, 0.3) is 12.2 Å². The molecule has 92 valence electrons. The summed E-state index contributed by atoms with van der Waals surface area (Å²) < 4.78 is 4.76. The minimum absolute atomic E-state index is 0.145. The fourth-order valence-corrected chi connectivity index (χ4v) is 1.36. The number of anilines is 1. The highest BCUT2D eigenvalue weighted by Gasteiger charge is 2.07. The molecule has 0 amide bonds. The Bertz CT molecular complexity index is 641. The molecule has 4 N–H and O–H groups in total. The van der Waals surface area contributed by atoms with Crippen LogP contribution in [-0.2, 0) is 0 Å². The molecule has 0 saturated carbocycles. The second kappa shape index (κ2) is 4.67. The molecule has 0 aliphatic rings. The molecule has 0 atom stereocenters. The van der Waals surface area contributed by atoms with Crippen LogP contribution < -0.4 is 11.4 Å².